The third kappa shape index (κ3) is 7.30. The number of ether oxygens (including phenoxy) is 6. The topological polar surface area (TPSA) is 107 Å². The monoisotopic (exact) mass is 462 g/mol. The van der Waals surface area contributed by atoms with Crippen molar-refractivity contribution < 1.29 is 42.8 Å². The van der Waals surface area contributed by atoms with Crippen LogP contribution in [0.5, 0.6) is 5.75 Å². The predicted octanol–water partition coefficient (Wildman–Crippen LogP) is 3.45. The Labute approximate surface area is 192 Å². The first-order chi connectivity index (χ1) is 16.0. The van der Waals surface area contributed by atoms with Crippen molar-refractivity contribution in [3.8, 4) is 5.75 Å². The van der Waals surface area contributed by atoms with Crippen molar-refractivity contribution in [2.24, 2.45) is 5.92 Å². The van der Waals surface area contributed by atoms with E-state index >= 15 is 0 Å². The third-order valence-electron chi connectivity index (χ3n) is 5.47. The van der Waals surface area contributed by atoms with E-state index in [0.29, 0.717) is 31.8 Å². The first-order valence-electron chi connectivity index (χ1n) is 11.2. The van der Waals surface area contributed by atoms with Crippen molar-refractivity contribution in [2.45, 2.75) is 50.9 Å². The molecule has 0 spiro atoms. The number of unbranched alkanes of at least 4 members (excludes halogenated alkanes) is 3. The highest BCUT2D eigenvalue weighted by Crippen LogP contribution is 2.32. The number of carbonyl (C=O) groups is 3. The van der Waals surface area contributed by atoms with E-state index in [1.807, 2.05) is 6.92 Å². The molecule has 0 aromatic heterocycles. The molecule has 0 bridgehead atoms. The van der Waals surface area contributed by atoms with Crippen LogP contribution in [-0.4, -0.2) is 62.8 Å². The summed E-state index contributed by atoms with van der Waals surface area (Å²) >= 11 is 0. The lowest BCUT2D eigenvalue weighted by Gasteiger charge is -2.16. The largest absolute Gasteiger partial charge is 0.513 e. The molecule has 3 rings (SSSR count). The number of hydrogen-bond donors (Lipinski definition) is 0. The van der Waals surface area contributed by atoms with Crippen LogP contribution in [0.1, 0.15) is 43.0 Å². The Bertz CT molecular complexity index is 820. The van der Waals surface area contributed by atoms with Crippen LogP contribution < -0.4 is 4.74 Å². The van der Waals surface area contributed by atoms with Gasteiger partial charge in [-0.3, -0.25) is 0 Å². The maximum absolute atomic E-state index is 12.4. The summed E-state index contributed by atoms with van der Waals surface area (Å²) in [6.45, 7) is 6.86. The van der Waals surface area contributed by atoms with Crippen molar-refractivity contribution in [1.29, 1.82) is 0 Å². The first kappa shape index (κ1) is 24.7. The zero-order valence-corrected chi connectivity index (χ0v) is 18.7. The van der Waals surface area contributed by atoms with Crippen LogP contribution >= 0.6 is 0 Å². The lowest BCUT2D eigenvalue weighted by molar-refractivity contribution is -0.137. The number of rotatable bonds is 11. The number of carbonyl (C=O) groups excluding carboxylic acids is 3. The van der Waals surface area contributed by atoms with Gasteiger partial charge in [-0.2, -0.15) is 0 Å². The molecule has 1 aromatic carbocycles. The number of hydrogen-bond acceptors (Lipinski definition) is 9. The molecule has 2 aliphatic heterocycles. The molecule has 0 aliphatic carbocycles. The molecule has 33 heavy (non-hydrogen) atoms. The summed E-state index contributed by atoms with van der Waals surface area (Å²) < 4.78 is 32.0. The van der Waals surface area contributed by atoms with Gasteiger partial charge in [0.25, 0.3) is 0 Å². The zero-order chi connectivity index (χ0) is 23.6. The molecule has 9 heteroatoms. The third-order valence-corrected chi connectivity index (χ3v) is 5.47. The van der Waals surface area contributed by atoms with Crippen molar-refractivity contribution in [2.75, 3.05) is 26.4 Å². The molecule has 0 radical (unpaired) electrons. The van der Waals surface area contributed by atoms with Crippen LogP contribution in [-0.2, 0) is 28.5 Å². The molecule has 4 atom stereocenters. The maximum Gasteiger partial charge on any atom is 0.513 e. The molecular formula is C24H30O9. The summed E-state index contributed by atoms with van der Waals surface area (Å²) in [5.74, 6) is -0.372. The van der Waals surface area contributed by atoms with Gasteiger partial charge in [-0.25, -0.2) is 14.4 Å². The average molecular weight is 462 g/mol. The molecular weight excluding hydrogens is 432 g/mol. The van der Waals surface area contributed by atoms with Crippen LogP contribution in [0.4, 0.5) is 4.79 Å². The molecule has 0 N–H and O–H groups in total. The van der Waals surface area contributed by atoms with E-state index in [1.165, 1.54) is 24.3 Å². The van der Waals surface area contributed by atoms with Crippen molar-refractivity contribution in [1.82, 2.24) is 0 Å². The Morgan fingerprint density at radius 2 is 1.64 bits per heavy atom. The summed E-state index contributed by atoms with van der Waals surface area (Å²) in [5, 5.41) is 0. The fourth-order valence-electron chi connectivity index (χ4n) is 3.69. The van der Waals surface area contributed by atoms with E-state index in [2.05, 4.69) is 6.58 Å². The second-order valence-corrected chi connectivity index (χ2v) is 8.03. The van der Waals surface area contributed by atoms with E-state index < -0.39 is 24.2 Å². The molecule has 2 aliphatic rings. The Kier molecular flexibility index (Phi) is 9.26. The van der Waals surface area contributed by atoms with Crippen LogP contribution in [0.25, 0.3) is 0 Å². The molecule has 0 amide bonds. The van der Waals surface area contributed by atoms with E-state index in [9.17, 15) is 14.4 Å². The molecule has 3 unspecified atom stereocenters. The lowest BCUT2D eigenvalue weighted by Crippen LogP contribution is -2.32. The van der Waals surface area contributed by atoms with Crippen molar-refractivity contribution in [3.63, 3.8) is 0 Å². The first-order valence-corrected chi connectivity index (χ1v) is 11.2. The van der Waals surface area contributed by atoms with E-state index in [-0.39, 0.29) is 30.5 Å². The Hall–Kier alpha value is -2.91. The molecule has 180 valence electrons. The van der Waals surface area contributed by atoms with E-state index in [0.717, 1.165) is 25.3 Å². The van der Waals surface area contributed by atoms with E-state index in [4.69, 9.17) is 28.4 Å². The lowest BCUT2D eigenvalue weighted by atomic mass is 10.0. The highest BCUT2D eigenvalue weighted by molar-refractivity contribution is 5.89. The van der Waals surface area contributed by atoms with Crippen LogP contribution in [0.2, 0.25) is 0 Å². The molecule has 0 saturated carbocycles. The molecule has 1 aromatic rings. The second-order valence-electron chi connectivity index (χ2n) is 8.03. The Morgan fingerprint density at radius 3 is 2.33 bits per heavy atom. The molecule has 2 saturated heterocycles. The van der Waals surface area contributed by atoms with Gasteiger partial charge in [0.05, 0.1) is 38.1 Å². The Morgan fingerprint density at radius 1 is 0.970 bits per heavy atom. The zero-order valence-electron chi connectivity index (χ0n) is 18.7. The Balaban J connectivity index is 1.30. The minimum absolute atomic E-state index is 0.0355. The summed E-state index contributed by atoms with van der Waals surface area (Å²) in [4.78, 5) is 35.1. The minimum atomic E-state index is -0.813. The van der Waals surface area contributed by atoms with Crippen molar-refractivity contribution in [3.05, 3.63) is 42.5 Å². The predicted molar refractivity (Wildman–Crippen MR) is 116 cm³/mol. The molecule has 2 fully saturated rings. The van der Waals surface area contributed by atoms with Gasteiger partial charge in [-0.05, 0) is 49.9 Å². The normalized spacial score (nSPS) is 23.4. The number of fused-ring (bicyclic) bond motifs is 1. The highest BCUT2D eigenvalue weighted by atomic mass is 16.7. The smallest absolute Gasteiger partial charge is 0.463 e. The highest BCUT2D eigenvalue weighted by Gasteiger charge is 2.47. The standard InChI is InChI=1S/C24H30O9/c1-3-20(25)28-12-6-4-5-7-13-29-24(27)32-18-10-8-17(9-11-18)23(26)33-19-15-31-21-16(2)14-30-22(19)21/h3,8-11,16,19,21-22H,1,4-7,12-15H2,2H3/t16-,19?,21?,22?/m1/s1. The molecule has 2 heterocycles. The number of esters is 2. The van der Waals surface area contributed by atoms with Gasteiger partial charge in [-0.15, -0.1) is 0 Å². The minimum Gasteiger partial charge on any atom is -0.463 e. The van der Waals surface area contributed by atoms with Crippen molar-refractivity contribution >= 4 is 18.1 Å². The number of benzene rings is 1. The van der Waals surface area contributed by atoms with E-state index in [1.54, 1.807) is 0 Å². The van der Waals surface area contributed by atoms with Gasteiger partial charge in [0, 0.05) is 12.0 Å². The fourth-order valence-corrected chi connectivity index (χ4v) is 3.69. The van der Waals surface area contributed by atoms with Gasteiger partial charge in [0.15, 0.2) is 6.10 Å². The maximum atomic E-state index is 12.4. The summed E-state index contributed by atoms with van der Waals surface area (Å²) in [5.41, 5.74) is 0.337. The average Bonchev–Trinajstić information content (AvgIpc) is 3.38. The summed E-state index contributed by atoms with van der Waals surface area (Å²) in [7, 11) is 0. The van der Waals surface area contributed by atoms with Crippen LogP contribution in [0.3, 0.4) is 0 Å². The summed E-state index contributed by atoms with van der Waals surface area (Å²) in [6, 6.07) is 6.06. The van der Waals surface area contributed by atoms with Gasteiger partial charge in [0.2, 0.25) is 0 Å². The fraction of sp³-hybridized carbons (Fsp3) is 0.542. The van der Waals surface area contributed by atoms with Gasteiger partial charge in [0.1, 0.15) is 11.9 Å². The van der Waals surface area contributed by atoms with Gasteiger partial charge in [-0.1, -0.05) is 13.5 Å². The van der Waals surface area contributed by atoms with Crippen LogP contribution in [0.15, 0.2) is 36.9 Å². The quantitative estimate of drug-likeness (QED) is 0.161. The van der Waals surface area contributed by atoms with Gasteiger partial charge >= 0.3 is 18.1 Å². The SMILES string of the molecule is C=CC(=O)OCCCCCCOC(=O)Oc1ccc(C(=O)OC2COC3C2OC[C@H]3C)cc1. The second kappa shape index (κ2) is 12.4. The summed E-state index contributed by atoms with van der Waals surface area (Å²) in [6.07, 6.45) is 2.71. The van der Waals surface area contributed by atoms with Gasteiger partial charge < -0.3 is 28.4 Å². The van der Waals surface area contributed by atoms with Crippen LogP contribution in [0, 0.1) is 5.92 Å². The molecule has 9 nitrogen and oxygen atoms in total.